The lowest BCUT2D eigenvalue weighted by molar-refractivity contribution is 0.0434. The SMILES string of the molecule is O=C(c1ccc(F)c(Cl)c1)N1CCC(F)(CNCc2ccc(I)cn2)CC1. The van der Waals surface area contributed by atoms with Crippen LogP contribution in [0.3, 0.4) is 0 Å². The molecule has 8 heteroatoms. The Hall–Kier alpha value is -1.32. The molecule has 144 valence electrons. The number of nitrogens with one attached hydrogen (secondary N) is 1. The van der Waals surface area contributed by atoms with Crippen molar-refractivity contribution in [1.29, 1.82) is 0 Å². The second-order valence-electron chi connectivity index (χ2n) is 6.64. The summed E-state index contributed by atoms with van der Waals surface area (Å²) in [6.07, 6.45) is 2.27. The van der Waals surface area contributed by atoms with Crippen molar-refractivity contribution >= 4 is 40.1 Å². The van der Waals surface area contributed by atoms with Gasteiger partial charge in [0.2, 0.25) is 0 Å². The van der Waals surface area contributed by atoms with Gasteiger partial charge < -0.3 is 10.2 Å². The third kappa shape index (κ3) is 5.36. The number of hydrogen-bond donors (Lipinski definition) is 1. The standard InChI is InChI=1S/C19H19ClF2IN3O/c20-16-9-13(1-4-17(16)21)18(27)26-7-5-19(22,6-8-26)12-24-11-15-3-2-14(23)10-25-15/h1-4,9-10,24H,5-8,11-12H2. The first kappa shape index (κ1) is 20.4. The van der Waals surface area contributed by atoms with Crippen LogP contribution in [0.25, 0.3) is 0 Å². The van der Waals surface area contributed by atoms with Crippen molar-refractivity contribution in [3.05, 3.63) is 62.2 Å². The predicted molar refractivity (Wildman–Crippen MR) is 109 cm³/mol. The van der Waals surface area contributed by atoms with Gasteiger partial charge >= 0.3 is 0 Å². The van der Waals surface area contributed by atoms with Gasteiger partial charge in [-0.1, -0.05) is 11.6 Å². The van der Waals surface area contributed by atoms with E-state index in [1.807, 2.05) is 12.1 Å². The highest BCUT2D eigenvalue weighted by atomic mass is 127. The summed E-state index contributed by atoms with van der Waals surface area (Å²) in [5.41, 5.74) is -0.184. The van der Waals surface area contributed by atoms with Gasteiger partial charge in [-0.25, -0.2) is 8.78 Å². The van der Waals surface area contributed by atoms with Crippen molar-refractivity contribution in [2.75, 3.05) is 19.6 Å². The average molecular weight is 506 g/mol. The fraction of sp³-hybridized carbons (Fsp3) is 0.368. The Labute approximate surface area is 175 Å². The first-order valence-electron chi connectivity index (χ1n) is 8.61. The Morgan fingerprint density at radius 3 is 2.67 bits per heavy atom. The van der Waals surface area contributed by atoms with Gasteiger partial charge in [-0.15, -0.1) is 0 Å². The Morgan fingerprint density at radius 1 is 1.30 bits per heavy atom. The number of aromatic nitrogens is 1. The zero-order valence-electron chi connectivity index (χ0n) is 14.5. The van der Waals surface area contributed by atoms with Gasteiger partial charge in [0.15, 0.2) is 0 Å². The van der Waals surface area contributed by atoms with E-state index < -0.39 is 11.5 Å². The molecule has 27 heavy (non-hydrogen) atoms. The zero-order chi connectivity index (χ0) is 19.4. The molecule has 0 bridgehead atoms. The van der Waals surface area contributed by atoms with Crippen LogP contribution in [0.15, 0.2) is 36.5 Å². The number of benzene rings is 1. The number of hydrogen-bond acceptors (Lipinski definition) is 3. The molecule has 0 aliphatic carbocycles. The third-order valence-electron chi connectivity index (χ3n) is 4.65. The van der Waals surface area contributed by atoms with Crippen LogP contribution >= 0.6 is 34.2 Å². The molecule has 1 aromatic heterocycles. The first-order chi connectivity index (χ1) is 12.9. The molecule has 2 aromatic rings. The number of carbonyl (C=O) groups excluding carboxylic acids is 1. The topological polar surface area (TPSA) is 45.2 Å². The third-order valence-corrected chi connectivity index (χ3v) is 5.58. The van der Waals surface area contributed by atoms with Crippen molar-refractivity contribution in [2.24, 2.45) is 0 Å². The quantitative estimate of drug-likeness (QED) is 0.619. The van der Waals surface area contributed by atoms with Gasteiger partial charge in [0.25, 0.3) is 5.91 Å². The molecule has 1 N–H and O–H groups in total. The van der Waals surface area contributed by atoms with Crippen LogP contribution in [0.2, 0.25) is 5.02 Å². The minimum atomic E-state index is -1.36. The minimum absolute atomic E-state index is 0.0916. The highest BCUT2D eigenvalue weighted by Crippen LogP contribution is 2.27. The number of carbonyl (C=O) groups is 1. The molecule has 2 heterocycles. The van der Waals surface area contributed by atoms with E-state index in [9.17, 15) is 9.18 Å². The molecule has 1 fully saturated rings. The van der Waals surface area contributed by atoms with Crippen LogP contribution in [0.4, 0.5) is 8.78 Å². The van der Waals surface area contributed by atoms with Gasteiger partial charge in [-0.3, -0.25) is 9.78 Å². The molecule has 4 nitrogen and oxygen atoms in total. The Balaban J connectivity index is 1.50. The number of piperidine rings is 1. The smallest absolute Gasteiger partial charge is 0.253 e. The molecular weight excluding hydrogens is 487 g/mol. The van der Waals surface area contributed by atoms with E-state index in [1.165, 1.54) is 18.2 Å². The van der Waals surface area contributed by atoms with Crippen molar-refractivity contribution < 1.29 is 13.6 Å². The summed E-state index contributed by atoms with van der Waals surface area (Å²) in [7, 11) is 0. The van der Waals surface area contributed by atoms with E-state index in [0.29, 0.717) is 25.2 Å². The minimum Gasteiger partial charge on any atom is -0.338 e. The largest absolute Gasteiger partial charge is 0.338 e. The van der Waals surface area contributed by atoms with Crippen LogP contribution in [-0.2, 0) is 6.54 Å². The van der Waals surface area contributed by atoms with Crippen LogP contribution in [0, 0.1) is 9.39 Å². The maximum atomic E-state index is 15.0. The summed E-state index contributed by atoms with van der Waals surface area (Å²) in [5.74, 6) is -0.821. The summed E-state index contributed by atoms with van der Waals surface area (Å²) < 4.78 is 29.3. The lowest BCUT2D eigenvalue weighted by Gasteiger charge is -2.36. The fourth-order valence-electron chi connectivity index (χ4n) is 3.02. The maximum absolute atomic E-state index is 15.0. The number of pyridine rings is 1. The number of nitrogens with zero attached hydrogens (tertiary/aromatic N) is 2. The van der Waals surface area contributed by atoms with Gasteiger partial charge in [-0.05, 0) is 52.9 Å². The zero-order valence-corrected chi connectivity index (χ0v) is 17.4. The van der Waals surface area contributed by atoms with Gasteiger partial charge in [-0.2, -0.15) is 0 Å². The molecule has 0 unspecified atom stereocenters. The summed E-state index contributed by atoms with van der Waals surface area (Å²) >= 11 is 7.92. The second-order valence-corrected chi connectivity index (χ2v) is 8.30. The number of likely N-dealkylation sites (tertiary alicyclic amines) is 1. The molecule has 1 aliphatic rings. The van der Waals surface area contributed by atoms with Crippen LogP contribution in [0.5, 0.6) is 0 Å². The maximum Gasteiger partial charge on any atom is 0.253 e. The van der Waals surface area contributed by atoms with E-state index >= 15 is 4.39 Å². The van der Waals surface area contributed by atoms with Crippen molar-refractivity contribution in [1.82, 2.24) is 15.2 Å². The molecule has 0 spiro atoms. The highest BCUT2D eigenvalue weighted by molar-refractivity contribution is 14.1. The van der Waals surface area contributed by atoms with Gasteiger partial charge in [0.05, 0.1) is 10.7 Å². The number of alkyl halides is 1. The summed E-state index contributed by atoms with van der Waals surface area (Å²) in [6.45, 7) is 1.34. The Kier molecular flexibility index (Phi) is 6.65. The van der Waals surface area contributed by atoms with Crippen LogP contribution in [-0.4, -0.2) is 41.1 Å². The number of halogens is 4. The number of rotatable bonds is 5. The number of amides is 1. The highest BCUT2D eigenvalue weighted by Gasteiger charge is 2.35. The van der Waals surface area contributed by atoms with Crippen molar-refractivity contribution in [2.45, 2.75) is 25.1 Å². The molecule has 0 radical (unpaired) electrons. The monoisotopic (exact) mass is 505 g/mol. The molecule has 3 rings (SSSR count). The molecule has 1 aliphatic heterocycles. The second kappa shape index (κ2) is 8.79. The van der Waals surface area contributed by atoms with Crippen LogP contribution < -0.4 is 5.32 Å². The van der Waals surface area contributed by atoms with E-state index in [0.717, 1.165) is 9.26 Å². The summed E-state index contributed by atoms with van der Waals surface area (Å²) in [4.78, 5) is 18.4. The molecule has 1 saturated heterocycles. The summed E-state index contributed by atoms with van der Waals surface area (Å²) in [5, 5.41) is 3.03. The molecular formula is C19H19ClF2IN3O. The van der Waals surface area contributed by atoms with E-state index in [2.05, 4.69) is 32.9 Å². The van der Waals surface area contributed by atoms with Crippen LogP contribution in [0.1, 0.15) is 28.9 Å². The van der Waals surface area contributed by atoms with Crippen molar-refractivity contribution in [3.8, 4) is 0 Å². The molecule has 0 atom stereocenters. The van der Waals surface area contributed by atoms with Gasteiger partial charge in [0.1, 0.15) is 11.5 Å². The summed E-state index contributed by atoms with van der Waals surface area (Å²) in [6, 6.07) is 7.75. The fourth-order valence-corrected chi connectivity index (χ4v) is 3.52. The van der Waals surface area contributed by atoms with Gasteiger partial charge in [0, 0.05) is 54.4 Å². The molecule has 0 saturated carbocycles. The Bertz CT molecular complexity index is 811. The molecule has 1 amide bonds. The first-order valence-corrected chi connectivity index (χ1v) is 10.1. The average Bonchev–Trinajstić information content (AvgIpc) is 2.66. The normalized spacial score (nSPS) is 16.4. The molecule has 1 aromatic carbocycles. The Morgan fingerprint density at radius 2 is 2.04 bits per heavy atom. The van der Waals surface area contributed by atoms with E-state index in [4.69, 9.17) is 11.6 Å². The van der Waals surface area contributed by atoms with E-state index in [1.54, 1.807) is 11.1 Å². The lowest BCUT2D eigenvalue weighted by atomic mass is 9.92. The van der Waals surface area contributed by atoms with Crippen molar-refractivity contribution in [3.63, 3.8) is 0 Å². The predicted octanol–water partition coefficient (Wildman–Crippen LogP) is 4.21. The lowest BCUT2D eigenvalue weighted by Crippen LogP contribution is -2.48. The van der Waals surface area contributed by atoms with E-state index in [-0.39, 0.29) is 30.3 Å².